The number of halogens is 1. The molecule has 1 nitrogen and oxygen atoms in total. The van der Waals surface area contributed by atoms with Crippen molar-refractivity contribution in [2.24, 2.45) is 0 Å². The lowest BCUT2D eigenvalue weighted by atomic mass is 9.91. The van der Waals surface area contributed by atoms with E-state index in [4.69, 9.17) is 0 Å². The van der Waals surface area contributed by atoms with Crippen LogP contribution in [0.1, 0.15) is 24.0 Å². The molecule has 0 aliphatic heterocycles. The van der Waals surface area contributed by atoms with Gasteiger partial charge in [0.05, 0.1) is 0 Å². The Morgan fingerprint density at radius 3 is 3.00 bits per heavy atom. The summed E-state index contributed by atoms with van der Waals surface area (Å²) in [5.41, 5.74) is 2.80. The van der Waals surface area contributed by atoms with E-state index in [2.05, 4.69) is 0 Å². The maximum atomic E-state index is 13.3. The molecule has 0 spiro atoms. The summed E-state index contributed by atoms with van der Waals surface area (Å²) in [6.45, 7) is 0. The summed E-state index contributed by atoms with van der Waals surface area (Å²) in [6.07, 6.45) is 4.80. The summed E-state index contributed by atoms with van der Waals surface area (Å²) in [5.74, 6) is -0.135. The second-order valence-electron chi connectivity index (χ2n) is 3.48. The third-order valence-corrected chi connectivity index (χ3v) is 2.56. The van der Waals surface area contributed by atoms with Gasteiger partial charge in [0.1, 0.15) is 12.1 Å². The first kappa shape index (κ1) is 9.13. The molecule has 0 saturated carbocycles. The van der Waals surface area contributed by atoms with Crippen LogP contribution in [0.4, 0.5) is 4.39 Å². The molecule has 1 aromatic carbocycles. The van der Waals surface area contributed by atoms with Gasteiger partial charge in [-0.3, -0.25) is 0 Å². The third kappa shape index (κ3) is 1.60. The lowest BCUT2D eigenvalue weighted by molar-refractivity contribution is -0.107. The zero-order valence-electron chi connectivity index (χ0n) is 7.79. The molecule has 0 fully saturated rings. The maximum absolute atomic E-state index is 13.3. The normalized spacial score (nSPS) is 14.5. The van der Waals surface area contributed by atoms with Crippen LogP contribution in [0, 0.1) is 5.82 Å². The van der Waals surface area contributed by atoms with E-state index in [0.717, 1.165) is 29.4 Å². The Morgan fingerprint density at radius 2 is 2.21 bits per heavy atom. The minimum absolute atomic E-state index is 0.135. The molecule has 0 N–H and O–H groups in total. The smallest absolute Gasteiger partial charge is 0.127 e. The number of carbonyl (C=O) groups is 1. The summed E-state index contributed by atoms with van der Waals surface area (Å²) in [7, 11) is 0. The van der Waals surface area contributed by atoms with E-state index in [9.17, 15) is 9.18 Å². The fourth-order valence-electron chi connectivity index (χ4n) is 1.82. The van der Waals surface area contributed by atoms with Crippen LogP contribution in [0.15, 0.2) is 23.8 Å². The molecule has 0 saturated heterocycles. The number of carbonyl (C=O) groups excluding carboxylic acids is 1. The molecule has 0 heterocycles. The average molecular weight is 190 g/mol. The van der Waals surface area contributed by atoms with E-state index < -0.39 is 0 Å². The number of benzene rings is 1. The minimum atomic E-state index is -0.135. The molecular formula is C12H11FO. The fraction of sp³-hybridized carbons (Fsp3) is 0.250. The topological polar surface area (TPSA) is 17.1 Å². The van der Waals surface area contributed by atoms with E-state index in [1.807, 2.05) is 12.1 Å². The van der Waals surface area contributed by atoms with Gasteiger partial charge in [0.2, 0.25) is 0 Å². The van der Waals surface area contributed by atoms with Gasteiger partial charge in [0.15, 0.2) is 0 Å². The van der Waals surface area contributed by atoms with Crippen LogP contribution >= 0.6 is 0 Å². The van der Waals surface area contributed by atoms with Gasteiger partial charge < -0.3 is 4.79 Å². The molecular weight excluding hydrogens is 179 g/mol. The average Bonchev–Trinajstić information content (AvgIpc) is 2.18. The molecule has 0 unspecified atom stereocenters. The van der Waals surface area contributed by atoms with Crippen LogP contribution in [-0.2, 0) is 11.2 Å². The maximum Gasteiger partial charge on any atom is 0.127 e. The Hall–Kier alpha value is -1.44. The van der Waals surface area contributed by atoms with Crippen molar-refractivity contribution in [3.05, 3.63) is 40.7 Å². The Kier molecular flexibility index (Phi) is 2.44. The Bertz CT molecular complexity index is 393. The first-order chi connectivity index (χ1) is 6.81. The van der Waals surface area contributed by atoms with Crippen LogP contribution in [-0.4, -0.2) is 6.29 Å². The van der Waals surface area contributed by atoms with Crippen molar-refractivity contribution in [1.82, 2.24) is 0 Å². The van der Waals surface area contributed by atoms with E-state index in [0.29, 0.717) is 12.8 Å². The van der Waals surface area contributed by atoms with E-state index in [1.165, 1.54) is 6.07 Å². The van der Waals surface area contributed by atoms with Gasteiger partial charge in [0, 0.05) is 6.42 Å². The molecule has 14 heavy (non-hydrogen) atoms. The quantitative estimate of drug-likeness (QED) is 0.655. The fourth-order valence-corrected chi connectivity index (χ4v) is 1.82. The predicted octanol–water partition coefficient (Wildman–Crippen LogP) is 2.74. The third-order valence-electron chi connectivity index (χ3n) is 2.56. The second-order valence-corrected chi connectivity index (χ2v) is 3.48. The number of aldehydes is 1. The van der Waals surface area contributed by atoms with Crippen molar-refractivity contribution < 1.29 is 9.18 Å². The summed E-state index contributed by atoms with van der Waals surface area (Å²) in [5, 5.41) is 0. The lowest BCUT2D eigenvalue weighted by Crippen LogP contribution is -2.02. The van der Waals surface area contributed by atoms with Gasteiger partial charge in [-0.05, 0) is 30.0 Å². The van der Waals surface area contributed by atoms with Gasteiger partial charge in [-0.15, -0.1) is 0 Å². The first-order valence-electron chi connectivity index (χ1n) is 4.71. The molecule has 0 bridgehead atoms. The number of fused-ring (bicyclic) bond motifs is 1. The highest BCUT2D eigenvalue weighted by Crippen LogP contribution is 2.26. The molecule has 2 rings (SSSR count). The monoisotopic (exact) mass is 190 g/mol. The van der Waals surface area contributed by atoms with E-state index in [-0.39, 0.29) is 5.82 Å². The summed E-state index contributed by atoms with van der Waals surface area (Å²) >= 11 is 0. The molecule has 0 amide bonds. The van der Waals surface area contributed by atoms with E-state index in [1.54, 1.807) is 6.07 Å². The molecule has 0 atom stereocenters. The highest BCUT2D eigenvalue weighted by atomic mass is 19.1. The number of hydrogen-bond acceptors (Lipinski definition) is 1. The standard InChI is InChI=1S/C12H11FO/c13-12-3-1-2-10-8-9(6-7-14)4-5-11(10)12/h1-3,7-8H,4-6H2. The van der Waals surface area contributed by atoms with Crippen LogP contribution < -0.4 is 0 Å². The van der Waals surface area contributed by atoms with Gasteiger partial charge in [0.25, 0.3) is 0 Å². The number of allylic oxidation sites excluding steroid dienone is 1. The van der Waals surface area contributed by atoms with Gasteiger partial charge >= 0.3 is 0 Å². The van der Waals surface area contributed by atoms with Crippen molar-refractivity contribution in [2.75, 3.05) is 0 Å². The Balaban J connectivity index is 2.39. The van der Waals surface area contributed by atoms with Gasteiger partial charge in [-0.2, -0.15) is 0 Å². The van der Waals surface area contributed by atoms with Crippen LogP contribution in [0.3, 0.4) is 0 Å². The zero-order valence-corrected chi connectivity index (χ0v) is 7.79. The SMILES string of the molecule is O=CCC1=Cc2cccc(F)c2CC1. The largest absolute Gasteiger partial charge is 0.303 e. The zero-order chi connectivity index (χ0) is 9.97. The first-order valence-corrected chi connectivity index (χ1v) is 4.71. The number of hydrogen-bond donors (Lipinski definition) is 0. The number of rotatable bonds is 2. The van der Waals surface area contributed by atoms with Crippen LogP contribution in [0.5, 0.6) is 0 Å². The van der Waals surface area contributed by atoms with Crippen molar-refractivity contribution in [2.45, 2.75) is 19.3 Å². The Morgan fingerprint density at radius 1 is 1.36 bits per heavy atom. The highest BCUT2D eigenvalue weighted by Gasteiger charge is 2.12. The van der Waals surface area contributed by atoms with Crippen molar-refractivity contribution in [1.29, 1.82) is 0 Å². The second kappa shape index (κ2) is 3.74. The molecule has 0 aromatic heterocycles. The van der Waals surface area contributed by atoms with Crippen LogP contribution in [0.25, 0.3) is 6.08 Å². The molecule has 2 heteroatoms. The van der Waals surface area contributed by atoms with Gasteiger partial charge in [-0.1, -0.05) is 23.8 Å². The van der Waals surface area contributed by atoms with Crippen molar-refractivity contribution in [3.8, 4) is 0 Å². The summed E-state index contributed by atoms with van der Waals surface area (Å²) < 4.78 is 13.3. The van der Waals surface area contributed by atoms with Crippen molar-refractivity contribution >= 4 is 12.4 Å². The minimum Gasteiger partial charge on any atom is -0.303 e. The Labute approximate surface area is 82.3 Å². The van der Waals surface area contributed by atoms with Crippen molar-refractivity contribution in [3.63, 3.8) is 0 Å². The molecule has 1 aromatic rings. The molecule has 72 valence electrons. The molecule has 1 aliphatic carbocycles. The summed E-state index contributed by atoms with van der Waals surface area (Å²) in [6, 6.07) is 5.08. The van der Waals surface area contributed by atoms with E-state index >= 15 is 0 Å². The summed E-state index contributed by atoms with van der Waals surface area (Å²) in [4.78, 5) is 10.3. The predicted molar refractivity (Wildman–Crippen MR) is 53.4 cm³/mol. The molecule has 0 radical (unpaired) electrons. The van der Waals surface area contributed by atoms with Crippen LogP contribution in [0.2, 0.25) is 0 Å². The highest BCUT2D eigenvalue weighted by molar-refractivity contribution is 5.65. The lowest BCUT2D eigenvalue weighted by Gasteiger charge is -2.15. The molecule has 1 aliphatic rings. The van der Waals surface area contributed by atoms with Gasteiger partial charge in [-0.25, -0.2) is 4.39 Å².